The molecule has 2 aliphatic rings. The quantitative estimate of drug-likeness (QED) is 0.385. The molecule has 11 nitrogen and oxygen atoms in total. The van der Waals surface area contributed by atoms with Crippen molar-refractivity contribution in [3.8, 4) is 17.5 Å². The Morgan fingerprint density at radius 2 is 1.80 bits per heavy atom. The highest BCUT2D eigenvalue weighted by molar-refractivity contribution is 5.96. The average Bonchev–Trinajstić information content (AvgIpc) is 3.64. The van der Waals surface area contributed by atoms with E-state index in [-0.39, 0.29) is 17.7 Å². The van der Waals surface area contributed by atoms with Crippen LogP contribution >= 0.6 is 0 Å². The second-order valence-electron chi connectivity index (χ2n) is 10.1. The lowest BCUT2D eigenvalue weighted by Crippen LogP contribution is -2.51. The number of anilines is 2. The zero-order valence-corrected chi connectivity index (χ0v) is 22.0. The first-order valence-corrected chi connectivity index (χ1v) is 13.4. The lowest BCUT2D eigenvalue weighted by molar-refractivity contribution is -0.132. The standard InChI is InChI=1S/C29H29N9O2/c30-17-26-24-16-22(4-7-25(24)34-35-26)33-29(40)21-8-11-36(18-21)19-27(39)38-14-12-37(13-15-38)23-5-2-20(3-6-23)28-31-9-1-10-32-28/h1-7,9-10,16,21H,8,11-15,18-19H2,(H,33,40)(H,34,35)/t21-/m1/s1. The fourth-order valence-corrected chi connectivity index (χ4v) is 5.39. The number of aromatic nitrogens is 4. The molecule has 11 heteroatoms. The third-order valence-electron chi connectivity index (χ3n) is 7.63. The first-order valence-electron chi connectivity index (χ1n) is 13.4. The number of benzene rings is 2. The van der Waals surface area contributed by atoms with Crippen LogP contribution in [0.5, 0.6) is 0 Å². The van der Waals surface area contributed by atoms with Crippen LogP contribution in [0.2, 0.25) is 0 Å². The number of H-pyrrole nitrogens is 1. The number of nitriles is 1. The molecule has 0 spiro atoms. The Kier molecular flexibility index (Phi) is 7.08. The van der Waals surface area contributed by atoms with Crippen molar-refractivity contribution in [2.75, 3.05) is 56.0 Å². The molecule has 0 aliphatic carbocycles. The van der Waals surface area contributed by atoms with Crippen LogP contribution in [0.3, 0.4) is 0 Å². The number of carbonyl (C=O) groups excluding carboxylic acids is 2. The summed E-state index contributed by atoms with van der Waals surface area (Å²) in [6.07, 6.45) is 4.17. The van der Waals surface area contributed by atoms with Crippen molar-refractivity contribution >= 4 is 34.1 Å². The van der Waals surface area contributed by atoms with Gasteiger partial charge in [0.1, 0.15) is 6.07 Å². The summed E-state index contributed by atoms with van der Waals surface area (Å²) in [5.74, 6) is 0.543. The van der Waals surface area contributed by atoms with Gasteiger partial charge >= 0.3 is 0 Å². The fourth-order valence-electron chi connectivity index (χ4n) is 5.39. The van der Waals surface area contributed by atoms with Crippen LogP contribution in [0.4, 0.5) is 11.4 Å². The van der Waals surface area contributed by atoms with Gasteiger partial charge in [0, 0.05) is 67.4 Å². The van der Waals surface area contributed by atoms with Gasteiger partial charge in [0.2, 0.25) is 11.8 Å². The van der Waals surface area contributed by atoms with E-state index in [4.69, 9.17) is 0 Å². The van der Waals surface area contributed by atoms with Crippen molar-refractivity contribution < 1.29 is 9.59 Å². The van der Waals surface area contributed by atoms with Crippen LogP contribution in [0.15, 0.2) is 60.9 Å². The number of nitrogens with one attached hydrogen (secondary N) is 2. The molecule has 40 heavy (non-hydrogen) atoms. The minimum atomic E-state index is -0.190. The molecule has 0 unspecified atom stereocenters. The van der Waals surface area contributed by atoms with E-state index in [1.165, 1.54) is 0 Å². The zero-order valence-electron chi connectivity index (χ0n) is 22.0. The molecule has 202 valence electrons. The van der Waals surface area contributed by atoms with Gasteiger partial charge in [-0.3, -0.25) is 19.6 Å². The van der Waals surface area contributed by atoms with Crippen molar-refractivity contribution in [3.63, 3.8) is 0 Å². The van der Waals surface area contributed by atoms with Gasteiger partial charge in [0.25, 0.3) is 0 Å². The predicted molar refractivity (Wildman–Crippen MR) is 150 cm³/mol. The SMILES string of the molecule is N#Cc1n[nH]c2ccc(NC(=O)[C@@H]3CCN(CC(=O)N4CCN(c5ccc(-c6ncccn6)cc5)CC4)C3)cc12. The molecule has 2 N–H and O–H groups in total. The van der Waals surface area contributed by atoms with Crippen LogP contribution < -0.4 is 10.2 Å². The van der Waals surface area contributed by atoms with Gasteiger partial charge in [-0.25, -0.2) is 9.97 Å². The van der Waals surface area contributed by atoms with Gasteiger partial charge in [0.15, 0.2) is 11.5 Å². The summed E-state index contributed by atoms with van der Waals surface area (Å²) in [5, 5.41) is 19.6. The molecule has 2 aromatic carbocycles. The highest BCUT2D eigenvalue weighted by atomic mass is 16.2. The van der Waals surface area contributed by atoms with E-state index in [1.807, 2.05) is 17.0 Å². The monoisotopic (exact) mass is 535 g/mol. The van der Waals surface area contributed by atoms with Gasteiger partial charge in [-0.1, -0.05) is 0 Å². The highest BCUT2D eigenvalue weighted by Crippen LogP contribution is 2.24. The minimum Gasteiger partial charge on any atom is -0.368 e. The summed E-state index contributed by atoms with van der Waals surface area (Å²) in [5.41, 5.74) is 3.77. The maximum Gasteiger partial charge on any atom is 0.236 e. The molecule has 2 fully saturated rings. The molecule has 2 saturated heterocycles. The van der Waals surface area contributed by atoms with E-state index in [9.17, 15) is 14.9 Å². The first kappa shape index (κ1) is 25.5. The Morgan fingerprint density at radius 1 is 1.02 bits per heavy atom. The van der Waals surface area contributed by atoms with Crippen LogP contribution in [-0.4, -0.2) is 87.6 Å². The fraction of sp³-hybridized carbons (Fsp3) is 0.310. The Morgan fingerprint density at radius 3 is 2.55 bits per heavy atom. The summed E-state index contributed by atoms with van der Waals surface area (Å²) < 4.78 is 0. The number of likely N-dealkylation sites (tertiary alicyclic amines) is 1. The zero-order chi connectivity index (χ0) is 27.5. The smallest absolute Gasteiger partial charge is 0.236 e. The molecular weight excluding hydrogens is 506 g/mol. The molecule has 4 aromatic rings. The summed E-state index contributed by atoms with van der Waals surface area (Å²) >= 11 is 0. The lowest BCUT2D eigenvalue weighted by Gasteiger charge is -2.36. The topological polar surface area (TPSA) is 134 Å². The average molecular weight is 536 g/mol. The third kappa shape index (κ3) is 5.34. The molecule has 0 bridgehead atoms. The number of hydrogen-bond donors (Lipinski definition) is 2. The van der Waals surface area contributed by atoms with E-state index in [0.717, 1.165) is 29.9 Å². The molecule has 0 saturated carbocycles. The maximum absolute atomic E-state index is 13.0. The van der Waals surface area contributed by atoms with Crippen LogP contribution in [-0.2, 0) is 9.59 Å². The number of fused-ring (bicyclic) bond motifs is 1. The van der Waals surface area contributed by atoms with E-state index in [1.54, 1.807) is 36.7 Å². The highest BCUT2D eigenvalue weighted by Gasteiger charge is 2.31. The Bertz CT molecular complexity index is 1550. The maximum atomic E-state index is 13.0. The second kappa shape index (κ2) is 11.1. The van der Waals surface area contributed by atoms with Gasteiger partial charge in [-0.15, -0.1) is 0 Å². The number of rotatable bonds is 6. The summed E-state index contributed by atoms with van der Waals surface area (Å²) in [6, 6.07) is 17.4. The van der Waals surface area contributed by atoms with Crippen molar-refractivity contribution in [2.45, 2.75) is 6.42 Å². The van der Waals surface area contributed by atoms with Crippen molar-refractivity contribution in [3.05, 3.63) is 66.6 Å². The number of carbonyl (C=O) groups is 2. The second-order valence-corrected chi connectivity index (χ2v) is 10.1. The Hall–Kier alpha value is -4.82. The van der Waals surface area contributed by atoms with Crippen LogP contribution in [0, 0.1) is 17.2 Å². The Balaban J connectivity index is 0.973. The number of nitrogens with zero attached hydrogens (tertiary/aromatic N) is 7. The van der Waals surface area contributed by atoms with Gasteiger partial charge in [0.05, 0.1) is 18.0 Å². The molecule has 1 atom stereocenters. The van der Waals surface area contributed by atoms with Gasteiger partial charge in [-0.2, -0.15) is 10.4 Å². The van der Waals surface area contributed by atoms with Crippen molar-refractivity contribution in [1.82, 2.24) is 30.0 Å². The van der Waals surface area contributed by atoms with Crippen LogP contribution in [0.25, 0.3) is 22.3 Å². The minimum absolute atomic E-state index is 0.0743. The predicted octanol–water partition coefficient (Wildman–Crippen LogP) is 2.50. The van der Waals surface area contributed by atoms with Crippen molar-refractivity contribution in [2.24, 2.45) is 5.92 Å². The third-order valence-corrected chi connectivity index (χ3v) is 7.63. The molecule has 6 rings (SSSR count). The van der Waals surface area contributed by atoms with Crippen molar-refractivity contribution in [1.29, 1.82) is 5.26 Å². The summed E-state index contributed by atoms with van der Waals surface area (Å²) in [6.45, 7) is 4.46. The normalized spacial score (nSPS) is 17.6. The number of piperazine rings is 1. The molecule has 4 heterocycles. The summed E-state index contributed by atoms with van der Waals surface area (Å²) in [7, 11) is 0. The largest absolute Gasteiger partial charge is 0.368 e. The molecular formula is C29H29N9O2. The summed E-state index contributed by atoms with van der Waals surface area (Å²) in [4.78, 5) is 40.8. The number of amides is 2. The number of hydrogen-bond acceptors (Lipinski definition) is 8. The van der Waals surface area contributed by atoms with Crippen LogP contribution in [0.1, 0.15) is 12.1 Å². The molecule has 2 aliphatic heterocycles. The Labute approximate surface area is 231 Å². The molecule has 2 amide bonds. The van der Waals surface area contributed by atoms with Gasteiger partial charge in [-0.05, 0) is 61.5 Å². The van der Waals surface area contributed by atoms with E-state index >= 15 is 0 Å². The van der Waals surface area contributed by atoms with Gasteiger partial charge < -0.3 is 15.1 Å². The van der Waals surface area contributed by atoms with E-state index in [0.29, 0.717) is 61.7 Å². The number of aromatic amines is 1. The lowest BCUT2D eigenvalue weighted by atomic mass is 10.1. The van der Waals surface area contributed by atoms with E-state index in [2.05, 4.69) is 53.5 Å². The molecule has 2 aromatic heterocycles. The first-order chi connectivity index (χ1) is 19.6. The molecule has 0 radical (unpaired) electrons. The van der Waals surface area contributed by atoms with E-state index < -0.39 is 0 Å².